The highest BCUT2D eigenvalue weighted by Crippen LogP contribution is 1.97. The van der Waals surface area contributed by atoms with E-state index in [4.69, 9.17) is 5.73 Å². The molecule has 0 aromatic rings. The Morgan fingerprint density at radius 2 is 2.08 bits per heavy atom. The molecule has 0 aromatic carbocycles. The monoisotopic (exact) mass is 195 g/mol. The Kier molecular flexibility index (Phi) is 5.39. The number of hydrogen-bond donors (Lipinski definition) is 3. The fourth-order valence-electron chi connectivity index (χ4n) is 0.711. The zero-order valence-corrected chi connectivity index (χ0v) is 8.32. The lowest BCUT2D eigenvalue weighted by Gasteiger charge is -2.10. The Labute approximate surface area is 73.9 Å². The molecule has 0 aliphatic rings. The molecule has 4 N–H and O–H groups in total. The first-order chi connectivity index (χ1) is 5.52. The quantitative estimate of drug-likeness (QED) is 0.509. The van der Waals surface area contributed by atoms with Crippen LogP contribution in [0.2, 0.25) is 0 Å². The average molecular weight is 195 g/mol. The summed E-state index contributed by atoms with van der Waals surface area (Å²) in [5, 5.41) is 0. The minimum atomic E-state index is -3.27. The number of rotatable bonds is 6. The molecule has 0 bridgehead atoms. The Morgan fingerprint density at radius 1 is 1.50 bits per heavy atom. The van der Waals surface area contributed by atoms with Crippen LogP contribution in [0, 0.1) is 5.92 Å². The standard InChI is InChI=1S/C6H17N3O2S/c1-6(3-4-7)5-9-12(10,11)8-2/h6,8-9H,3-5,7H2,1-2H3. The maximum atomic E-state index is 10.9. The second-order valence-electron chi connectivity index (χ2n) is 2.74. The van der Waals surface area contributed by atoms with Crippen molar-refractivity contribution in [1.82, 2.24) is 9.44 Å². The van der Waals surface area contributed by atoms with E-state index in [1.165, 1.54) is 7.05 Å². The zero-order valence-electron chi connectivity index (χ0n) is 7.50. The van der Waals surface area contributed by atoms with Crippen molar-refractivity contribution in [2.24, 2.45) is 11.7 Å². The SMILES string of the molecule is CNS(=O)(=O)NCC(C)CCN. The maximum absolute atomic E-state index is 10.9. The Hall–Kier alpha value is -0.170. The summed E-state index contributed by atoms with van der Waals surface area (Å²) in [6.07, 6.45) is 0.826. The van der Waals surface area contributed by atoms with Gasteiger partial charge in [-0.2, -0.15) is 8.42 Å². The van der Waals surface area contributed by atoms with Crippen molar-refractivity contribution in [3.63, 3.8) is 0 Å². The molecule has 0 spiro atoms. The van der Waals surface area contributed by atoms with Crippen molar-refractivity contribution in [2.45, 2.75) is 13.3 Å². The summed E-state index contributed by atoms with van der Waals surface area (Å²) < 4.78 is 26.3. The van der Waals surface area contributed by atoms with E-state index < -0.39 is 10.2 Å². The van der Waals surface area contributed by atoms with Gasteiger partial charge in [0, 0.05) is 13.6 Å². The van der Waals surface area contributed by atoms with Crippen LogP contribution in [-0.4, -0.2) is 28.6 Å². The minimum absolute atomic E-state index is 0.276. The van der Waals surface area contributed by atoms with Gasteiger partial charge in [-0.05, 0) is 18.9 Å². The lowest BCUT2D eigenvalue weighted by Crippen LogP contribution is -2.36. The number of nitrogens with one attached hydrogen (secondary N) is 2. The van der Waals surface area contributed by atoms with E-state index in [-0.39, 0.29) is 5.92 Å². The molecule has 0 heterocycles. The predicted octanol–water partition coefficient (Wildman–Crippen LogP) is -0.975. The van der Waals surface area contributed by atoms with Crippen LogP contribution in [0.3, 0.4) is 0 Å². The van der Waals surface area contributed by atoms with Crippen LogP contribution in [0.4, 0.5) is 0 Å². The average Bonchev–Trinajstić information content (AvgIpc) is 2.02. The molecule has 12 heavy (non-hydrogen) atoms. The molecule has 5 nitrogen and oxygen atoms in total. The Balaban J connectivity index is 3.68. The van der Waals surface area contributed by atoms with E-state index in [1.807, 2.05) is 6.92 Å². The Bertz CT molecular complexity index is 203. The molecule has 6 heteroatoms. The summed E-state index contributed by atoms with van der Waals surface area (Å²) in [6, 6.07) is 0. The molecular weight excluding hydrogens is 178 g/mol. The third-order valence-electron chi connectivity index (χ3n) is 1.55. The summed E-state index contributed by atoms with van der Waals surface area (Å²) in [5.41, 5.74) is 5.31. The smallest absolute Gasteiger partial charge is 0.276 e. The molecule has 0 amide bonds. The highest BCUT2D eigenvalue weighted by Gasteiger charge is 2.07. The van der Waals surface area contributed by atoms with Crippen molar-refractivity contribution < 1.29 is 8.42 Å². The minimum Gasteiger partial charge on any atom is -0.330 e. The van der Waals surface area contributed by atoms with Crippen LogP contribution in [0.5, 0.6) is 0 Å². The van der Waals surface area contributed by atoms with Crippen LogP contribution in [0.15, 0.2) is 0 Å². The molecule has 0 rings (SSSR count). The first kappa shape index (κ1) is 11.8. The second kappa shape index (κ2) is 5.47. The van der Waals surface area contributed by atoms with Crippen molar-refractivity contribution >= 4 is 10.2 Å². The summed E-state index contributed by atoms with van der Waals surface area (Å²) >= 11 is 0. The predicted molar refractivity (Wildman–Crippen MR) is 48.8 cm³/mol. The first-order valence-corrected chi connectivity index (χ1v) is 5.38. The van der Waals surface area contributed by atoms with Gasteiger partial charge in [-0.15, -0.1) is 0 Å². The normalized spacial score (nSPS) is 14.6. The molecule has 0 aliphatic heterocycles. The zero-order chi connectivity index (χ0) is 9.61. The molecule has 0 radical (unpaired) electrons. The van der Waals surface area contributed by atoms with Crippen molar-refractivity contribution in [3.8, 4) is 0 Å². The third-order valence-corrected chi connectivity index (χ3v) is 2.63. The van der Waals surface area contributed by atoms with Gasteiger partial charge in [-0.1, -0.05) is 6.92 Å². The molecule has 0 saturated carbocycles. The fraction of sp³-hybridized carbons (Fsp3) is 1.00. The van der Waals surface area contributed by atoms with E-state index >= 15 is 0 Å². The van der Waals surface area contributed by atoms with E-state index in [2.05, 4.69) is 9.44 Å². The van der Waals surface area contributed by atoms with E-state index in [0.29, 0.717) is 13.1 Å². The fourth-order valence-corrected chi connectivity index (χ4v) is 1.36. The van der Waals surface area contributed by atoms with Crippen LogP contribution in [-0.2, 0) is 10.2 Å². The molecule has 74 valence electrons. The van der Waals surface area contributed by atoms with Crippen molar-refractivity contribution in [1.29, 1.82) is 0 Å². The van der Waals surface area contributed by atoms with Gasteiger partial charge in [0.2, 0.25) is 0 Å². The topological polar surface area (TPSA) is 84.2 Å². The summed E-state index contributed by atoms with van der Waals surface area (Å²) in [7, 11) is -1.90. The van der Waals surface area contributed by atoms with Crippen LogP contribution >= 0.6 is 0 Å². The molecule has 0 fully saturated rings. The second-order valence-corrected chi connectivity index (χ2v) is 4.44. The van der Waals surface area contributed by atoms with E-state index in [9.17, 15) is 8.42 Å². The van der Waals surface area contributed by atoms with Crippen LogP contribution in [0.25, 0.3) is 0 Å². The van der Waals surface area contributed by atoms with Crippen molar-refractivity contribution in [3.05, 3.63) is 0 Å². The van der Waals surface area contributed by atoms with E-state index in [0.717, 1.165) is 6.42 Å². The number of hydrogen-bond acceptors (Lipinski definition) is 3. The summed E-state index contributed by atoms with van der Waals surface area (Å²) in [5.74, 6) is 0.276. The van der Waals surface area contributed by atoms with Gasteiger partial charge < -0.3 is 5.73 Å². The molecule has 0 saturated heterocycles. The van der Waals surface area contributed by atoms with Gasteiger partial charge in [-0.3, -0.25) is 0 Å². The first-order valence-electron chi connectivity index (χ1n) is 3.90. The largest absolute Gasteiger partial charge is 0.330 e. The van der Waals surface area contributed by atoms with Gasteiger partial charge in [0.15, 0.2) is 0 Å². The van der Waals surface area contributed by atoms with Gasteiger partial charge in [0.05, 0.1) is 0 Å². The highest BCUT2D eigenvalue weighted by molar-refractivity contribution is 7.87. The lowest BCUT2D eigenvalue weighted by molar-refractivity contribution is 0.512. The van der Waals surface area contributed by atoms with Crippen LogP contribution < -0.4 is 15.2 Å². The number of nitrogens with two attached hydrogens (primary N) is 1. The van der Waals surface area contributed by atoms with Crippen molar-refractivity contribution in [2.75, 3.05) is 20.1 Å². The molecule has 0 aliphatic carbocycles. The summed E-state index contributed by atoms with van der Waals surface area (Å²) in [4.78, 5) is 0. The Morgan fingerprint density at radius 3 is 2.50 bits per heavy atom. The molecule has 1 atom stereocenters. The van der Waals surface area contributed by atoms with Gasteiger partial charge in [0.25, 0.3) is 10.2 Å². The lowest BCUT2D eigenvalue weighted by atomic mass is 10.1. The molecular formula is C6H17N3O2S. The van der Waals surface area contributed by atoms with Gasteiger partial charge >= 0.3 is 0 Å². The van der Waals surface area contributed by atoms with Gasteiger partial charge in [-0.25, -0.2) is 9.44 Å². The molecule has 1 unspecified atom stereocenters. The third kappa shape index (κ3) is 5.48. The summed E-state index contributed by atoms with van der Waals surface area (Å²) in [6.45, 7) is 2.97. The van der Waals surface area contributed by atoms with Gasteiger partial charge in [0.1, 0.15) is 0 Å². The van der Waals surface area contributed by atoms with E-state index in [1.54, 1.807) is 0 Å². The highest BCUT2D eigenvalue weighted by atomic mass is 32.2. The molecule has 0 aromatic heterocycles. The van der Waals surface area contributed by atoms with Crippen LogP contribution in [0.1, 0.15) is 13.3 Å². The maximum Gasteiger partial charge on any atom is 0.276 e.